The van der Waals surface area contributed by atoms with Crippen LogP contribution >= 0.6 is 0 Å². The first-order chi connectivity index (χ1) is 17.2. The summed E-state index contributed by atoms with van der Waals surface area (Å²) in [5, 5.41) is 6.06. The van der Waals surface area contributed by atoms with Crippen LogP contribution < -0.4 is 24.8 Å². The molecule has 1 unspecified atom stereocenters. The maximum absolute atomic E-state index is 13.3. The second-order valence-corrected chi connectivity index (χ2v) is 8.35. The third kappa shape index (κ3) is 7.42. The number of pyridine rings is 1. The Morgan fingerprint density at radius 2 is 1.97 bits per heavy atom. The first-order valence-electron chi connectivity index (χ1n) is 11.8. The molecule has 0 aliphatic carbocycles. The zero-order valence-electron chi connectivity index (χ0n) is 19.5. The fourth-order valence-corrected chi connectivity index (χ4v) is 3.84. The molecule has 0 bridgehead atoms. The molecule has 3 aromatic rings. The highest BCUT2D eigenvalue weighted by atomic mass is 19.1. The van der Waals surface area contributed by atoms with Gasteiger partial charge in [-0.05, 0) is 55.8 Å². The van der Waals surface area contributed by atoms with Crippen molar-refractivity contribution >= 4 is 5.91 Å². The Hall–Kier alpha value is -3.65. The predicted octanol–water partition coefficient (Wildman–Crippen LogP) is 3.99. The molecule has 2 aliphatic rings. The Balaban J connectivity index is 0.000000165. The van der Waals surface area contributed by atoms with Crippen LogP contribution in [0, 0.1) is 11.7 Å². The van der Waals surface area contributed by atoms with Gasteiger partial charge in [0.15, 0.2) is 11.5 Å². The van der Waals surface area contributed by atoms with E-state index in [9.17, 15) is 9.18 Å². The van der Waals surface area contributed by atoms with Crippen LogP contribution in [-0.4, -0.2) is 43.9 Å². The van der Waals surface area contributed by atoms with Crippen LogP contribution in [0.15, 0.2) is 66.9 Å². The maximum Gasteiger partial charge on any atom is 0.254 e. The van der Waals surface area contributed by atoms with Crippen molar-refractivity contribution in [3.8, 4) is 17.2 Å². The van der Waals surface area contributed by atoms with Gasteiger partial charge in [-0.3, -0.25) is 9.78 Å². The smallest absolute Gasteiger partial charge is 0.254 e. The number of carbonyl (C=O) groups is 1. The minimum absolute atomic E-state index is 0.0681. The monoisotopic (exact) mass is 479 g/mol. The highest BCUT2D eigenvalue weighted by Crippen LogP contribution is 2.35. The van der Waals surface area contributed by atoms with Gasteiger partial charge < -0.3 is 24.8 Å². The number of hydrogen-bond donors (Lipinski definition) is 2. The van der Waals surface area contributed by atoms with E-state index in [1.807, 2.05) is 36.4 Å². The van der Waals surface area contributed by atoms with E-state index < -0.39 is 11.7 Å². The van der Waals surface area contributed by atoms with E-state index in [1.165, 1.54) is 25.0 Å². The average molecular weight is 480 g/mol. The number of hydrogen-bond acceptors (Lipinski definition) is 6. The minimum atomic E-state index is -0.507. The van der Waals surface area contributed by atoms with Crippen molar-refractivity contribution in [1.29, 1.82) is 0 Å². The van der Waals surface area contributed by atoms with Crippen molar-refractivity contribution in [3.63, 3.8) is 0 Å². The molecule has 0 spiro atoms. The third-order valence-electron chi connectivity index (χ3n) is 5.74. The highest BCUT2D eigenvalue weighted by molar-refractivity contribution is 5.94. The third-order valence-corrected chi connectivity index (χ3v) is 5.74. The average Bonchev–Trinajstić information content (AvgIpc) is 3.37. The molecule has 1 saturated heterocycles. The molecule has 5 rings (SSSR count). The SMILES string of the molecule is O=C(NCCc1ccccn1)c1ccccc1F.c1cc2c(cc1OCC1CCCNC1)OCO2. The number of amides is 1. The largest absolute Gasteiger partial charge is 0.493 e. The van der Waals surface area contributed by atoms with Gasteiger partial charge in [0.05, 0.1) is 12.2 Å². The van der Waals surface area contributed by atoms with E-state index >= 15 is 0 Å². The molecule has 1 fully saturated rings. The van der Waals surface area contributed by atoms with Crippen molar-refractivity contribution < 1.29 is 23.4 Å². The maximum atomic E-state index is 13.3. The highest BCUT2D eigenvalue weighted by Gasteiger charge is 2.16. The van der Waals surface area contributed by atoms with Gasteiger partial charge in [-0.25, -0.2) is 4.39 Å². The van der Waals surface area contributed by atoms with Gasteiger partial charge in [0.2, 0.25) is 6.79 Å². The molecule has 1 aromatic heterocycles. The van der Waals surface area contributed by atoms with E-state index in [0.717, 1.165) is 42.6 Å². The quantitative estimate of drug-likeness (QED) is 0.534. The van der Waals surface area contributed by atoms with E-state index in [4.69, 9.17) is 14.2 Å². The summed E-state index contributed by atoms with van der Waals surface area (Å²) < 4.78 is 29.7. The minimum Gasteiger partial charge on any atom is -0.493 e. The van der Waals surface area contributed by atoms with E-state index in [1.54, 1.807) is 18.3 Å². The lowest BCUT2D eigenvalue weighted by Gasteiger charge is -2.22. The molecule has 3 heterocycles. The predicted molar refractivity (Wildman–Crippen MR) is 130 cm³/mol. The molecule has 1 atom stereocenters. The number of aromatic nitrogens is 1. The molecule has 2 aliphatic heterocycles. The second-order valence-electron chi connectivity index (χ2n) is 8.35. The zero-order chi connectivity index (χ0) is 24.3. The van der Waals surface area contributed by atoms with Crippen molar-refractivity contribution in [2.45, 2.75) is 19.3 Å². The Kier molecular flexibility index (Phi) is 8.89. The number of nitrogens with one attached hydrogen (secondary N) is 2. The molecule has 0 saturated carbocycles. The molecular weight excluding hydrogens is 449 g/mol. The van der Waals surface area contributed by atoms with Crippen LogP contribution in [0.2, 0.25) is 0 Å². The molecule has 2 N–H and O–H groups in total. The molecule has 0 radical (unpaired) electrons. The van der Waals surface area contributed by atoms with Crippen molar-refractivity contribution in [2.24, 2.45) is 5.92 Å². The van der Waals surface area contributed by atoms with Crippen LogP contribution in [0.1, 0.15) is 28.9 Å². The molecule has 2 aromatic carbocycles. The number of halogens is 1. The number of rotatable bonds is 7. The van der Waals surface area contributed by atoms with Gasteiger partial charge in [0.1, 0.15) is 11.6 Å². The van der Waals surface area contributed by atoms with Gasteiger partial charge in [-0.2, -0.15) is 0 Å². The first kappa shape index (κ1) is 24.5. The van der Waals surface area contributed by atoms with Crippen molar-refractivity contribution in [3.05, 3.63) is 83.9 Å². The van der Waals surface area contributed by atoms with Gasteiger partial charge in [0, 0.05) is 43.4 Å². The Labute approximate surface area is 204 Å². The van der Waals surface area contributed by atoms with Crippen molar-refractivity contribution in [1.82, 2.24) is 15.6 Å². The van der Waals surface area contributed by atoms with E-state index in [2.05, 4.69) is 15.6 Å². The molecule has 1 amide bonds. The summed E-state index contributed by atoms with van der Waals surface area (Å²) in [5.74, 6) is 2.16. The van der Waals surface area contributed by atoms with Crippen LogP contribution in [0.5, 0.6) is 17.2 Å². The fraction of sp³-hybridized carbons (Fsp3) is 0.333. The lowest BCUT2D eigenvalue weighted by Crippen LogP contribution is -2.33. The number of ether oxygens (including phenoxy) is 3. The summed E-state index contributed by atoms with van der Waals surface area (Å²) in [4.78, 5) is 15.8. The van der Waals surface area contributed by atoms with Gasteiger partial charge in [0.25, 0.3) is 5.91 Å². The summed E-state index contributed by atoms with van der Waals surface area (Å²) in [6.07, 6.45) is 4.82. The first-order valence-corrected chi connectivity index (χ1v) is 11.8. The summed E-state index contributed by atoms with van der Waals surface area (Å²) in [6, 6.07) is 17.3. The van der Waals surface area contributed by atoms with Gasteiger partial charge in [-0.15, -0.1) is 0 Å². The van der Waals surface area contributed by atoms with Gasteiger partial charge >= 0.3 is 0 Å². The van der Waals surface area contributed by atoms with E-state index in [0.29, 0.717) is 25.7 Å². The van der Waals surface area contributed by atoms with Crippen LogP contribution in [0.4, 0.5) is 4.39 Å². The molecule has 35 heavy (non-hydrogen) atoms. The normalized spacial score (nSPS) is 16.1. The summed E-state index contributed by atoms with van der Waals surface area (Å²) >= 11 is 0. The molecular formula is C27H30FN3O4. The van der Waals surface area contributed by atoms with Crippen molar-refractivity contribution in [2.75, 3.05) is 33.0 Å². The lowest BCUT2D eigenvalue weighted by atomic mass is 10.0. The standard InChI is InChI=1S/C14H13FN2O.C13H17NO3/c15-13-7-2-1-6-12(13)14(18)17-10-8-11-5-3-4-9-16-11;1-2-10(7-14-5-1)8-15-11-3-4-12-13(6-11)17-9-16-12/h1-7,9H,8,10H2,(H,17,18);3-4,6,10,14H,1-2,5,7-9H2. The zero-order valence-corrected chi connectivity index (χ0v) is 19.5. The summed E-state index contributed by atoms with van der Waals surface area (Å²) in [7, 11) is 0. The summed E-state index contributed by atoms with van der Waals surface area (Å²) in [5.41, 5.74) is 0.963. The topological polar surface area (TPSA) is 81.7 Å². The molecule has 8 heteroatoms. The Bertz CT molecular complexity index is 1090. The van der Waals surface area contributed by atoms with Crippen LogP contribution in [-0.2, 0) is 6.42 Å². The number of carbonyl (C=O) groups excluding carboxylic acids is 1. The van der Waals surface area contributed by atoms with Crippen LogP contribution in [0.3, 0.4) is 0 Å². The number of fused-ring (bicyclic) bond motifs is 1. The van der Waals surface area contributed by atoms with Gasteiger partial charge in [-0.1, -0.05) is 18.2 Å². The summed E-state index contributed by atoms with van der Waals surface area (Å²) in [6.45, 7) is 3.72. The molecule has 7 nitrogen and oxygen atoms in total. The van der Waals surface area contributed by atoms with E-state index in [-0.39, 0.29) is 5.56 Å². The Morgan fingerprint density at radius 3 is 2.77 bits per heavy atom. The number of benzene rings is 2. The number of nitrogens with zero attached hydrogens (tertiary/aromatic N) is 1. The lowest BCUT2D eigenvalue weighted by molar-refractivity contribution is 0.0950. The second kappa shape index (κ2) is 12.7. The van der Waals surface area contributed by atoms with Crippen LogP contribution in [0.25, 0.3) is 0 Å². The fourth-order valence-electron chi connectivity index (χ4n) is 3.84. The molecule has 184 valence electrons. The number of piperidine rings is 1. The Morgan fingerprint density at radius 1 is 1.11 bits per heavy atom.